The molecule has 0 unspecified atom stereocenters. The minimum absolute atomic E-state index is 0.217. The lowest BCUT2D eigenvalue weighted by molar-refractivity contribution is -0.925. The maximum atomic E-state index is 9.15. The molecule has 0 aromatic rings. The fraction of sp³-hybridized carbons (Fsp3) is 1.00. The fourth-order valence-electron chi connectivity index (χ4n) is 2.23. The standard InChI is InChI=1S/C14H34N2O3/c1-5-16(6-2,8-12-18)10-14-19-13-9-15(3,4)7-11-17/h17-18H,5-14H2,1-4H3/q+2. The molecule has 0 rings (SSSR count). The van der Waals surface area contributed by atoms with Crippen LogP contribution in [-0.4, -0.2) is 99.0 Å². The van der Waals surface area contributed by atoms with E-state index in [0.717, 1.165) is 61.4 Å². The van der Waals surface area contributed by atoms with Crippen molar-refractivity contribution in [3.8, 4) is 0 Å². The molecule has 2 N–H and O–H groups in total. The molecule has 0 saturated heterocycles. The summed E-state index contributed by atoms with van der Waals surface area (Å²) in [5, 5.41) is 18.1. The molecule has 0 atom stereocenters. The average molecular weight is 278 g/mol. The summed E-state index contributed by atoms with van der Waals surface area (Å²) in [5.74, 6) is 0. The zero-order valence-corrected chi connectivity index (χ0v) is 13.3. The third-order valence-electron chi connectivity index (χ3n) is 4.17. The van der Waals surface area contributed by atoms with Crippen molar-refractivity contribution in [3.63, 3.8) is 0 Å². The number of nitrogens with zero attached hydrogens (tertiary/aromatic N) is 2. The molecule has 0 fully saturated rings. The predicted molar refractivity (Wildman–Crippen MR) is 77.9 cm³/mol. The highest BCUT2D eigenvalue weighted by Crippen LogP contribution is 2.05. The van der Waals surface area contributed by atoms with Gasteiger partial charge in [-0.05, 0) is 13.8 Å². The highest BCUT2D eigenvalue weighted by molar-refractivity contribution is 4.42. The Kier molecular flexibility index (Phi) is 9.56. The van der Waals surface area contributed by atoms with E-state index >= 15 is 0 Å². The summed E-state index contributed by atoms with van der Waals surface area (Å²) in [6.07, 6.45) is 0. The molecule has 0 heterocycles. The lowest BCUT2D eigenvalue weighted by Crippen LogP contribution is -2.51. The minimum Gasteiger partial charge on any atom is -0.391 e. The number of rotatable bonds is 12. The number of aliphatic hydroxyl groups excluding tert-OH is 2. The minimum atomic E-state index is 0.217. The predicted octanol–water partition coefficient (Wildman–Crippen LogP) is -0.0794. The van der Waals surface area contributed by atoms with Crippen LogP contribution in [0.5, 0.6) is 0 Å². The highest BCUT2D eigenvalue weighted by Gasteiger charge is 2.22. The number of aliphatic hydroxyl groups is 2. The summed E-state index contributed by atoms with van der Waals surface area (Å²) in [6, 6.07) is 0. The van der Waals surface area contributed by atoms with E-state index in [2.05, 4.69) is 27.9 Å². The van der Waals surface area contributed by atoms with Crippen molar-refractivity contribution in [1.29, 1.82) is 0 Å². The van der Waals surface area contributed by atoms with Crippen molar-refractivity contribution in [1.82, 2.24) is 0 Å². The Bertz CT molecular complexity index is 219. The van der Waals surface area contributed by atoms with E-state index in [4.69, 9.17) is 14.9 Å². The zero-order chi connectivity index (χ0) is 14.8. The normalized spacial score (nSPS) is 12.9. The molecular weight excluding hydrogens is 244 g/mol. The first kappa shape index (κ1) is 18.8. The van der Waals surface area contributed by atoms with Gasteiger partial charge >= 0.3 is 0 Å². The monoisotopic (exact) mass is 278 g/mol. The summed E-state index contributed by atoms with van der Waals surface area (Å²) in [5.41, 5.74) is 0. The zero-order valence-electron chi connectivity index (χ0n) is 13.3. The maximum Gasteiger partial charge on any atom is 0.102 e. The van der Waals surface area contributed by atoms with E-state index in [-0.39, 0.29) is 13.2 Å². The second-order valence-corrected chi connectivity index (χ2v) is 5.86. The topological polar surface area (TPSA) is 49.7 Å². The molecule has 5 nitrogen and oxygen atoms in total. The van der Waals surface area contributed by atoms with E-state index in [0.29, 0.717) is 0 Å². The fourth-order valence-corrected chi connectivity index (χ4v) is 2.23. The maximum absolute atomic E-state index is 9.15. The molecule has 116 valence electrons. The summed E-state index contributed by atoms with van der Waals surface area (Å²) in [6.45, 7) is 11.8. The Morgan fingerprint density at radius 1 is 0.789 bits per heavy atom. The molecule has 5 heteroatoms. The number of hydrogen-bond acceptors (Lipinski definition) is 3. The third-order valence-corrected chi connectivity index (χ3v) is 4.17. The lowest BCUT2D eigenvalue weighted by atomic mass is 10.3. The molecule has 0 aliphatic rings. The first-order valence-corrected chi connectivity index (χ1v) is 7.42. The molecule has 0 radical (unpaired) electrons. The van der Waals surface area contributed by atoms with Crippen molar-refractivity contribution < 1.29 is 23.9 Å². The van der Waals surface area contributed by atoms with Crippen LogP contribution in [0.3, 0.4) is 0 Å². The van der Waals surface area contributed by atoms with Gasteiger partial charge in [0.1, 0.15) is 26.2 Å². The van der Waals surface area contributed by atoms with Crippen molar-refractivity contribution in [3.05, 3.63) is 0 Å². The Hall–Kier alpha value is -0.200. The molecule has 0 aromatic heterocycles. The second kappa shape index (κ2) is 9.66. The van der Waals surface area contributed by atoms with E-state index in [1.807, 2.05) is 0 Å². The Morgan fingerprint density at radius 2 is 1.32 bits per heavy atom. The molecule has 0 spiro atoms. The van der Waals surface area contributed by atoms with Gasteiger partial charge in [-0.25, -0.2) is 0 Å². The van der Waals surface area contributed by atoms with Gasteiger partial charge in [0.05, 0.1) is 53.6 Å². The quantitative estimate of drug-likeness (QED) is 0.388. The molecule has 19 heavy (non-hydrogen) atoms. The van der Waals surface area contributed by atoms with Crippen LogP contribution < -0.4 is 0 Å². The van der Waals surface area contributed by atoms with Crippen molar-refractivity contribution in [2.24, 2.45) is 0 Å². The van der Waals surface area contributed by atoms with Gasteiger partial charge in [-0.2, -0.15) is 0 Å². The average Bonchev–Trinajstić information content (AvgIpc) is 2.37. The number of ether oxygens (including phenoxy) is 1. The molecule has 0 aromatic carbocycles. The Labute approximate surface area is 118 Å². The largest absolute Gasteiger partial charge is 0.391 e. The van der Waals surface area contributed by atoms with E-state index in [1.54, 1.807) is 0 Å². The van der Waals surface area contributed by atoms with Crippen LogP contribution in [0.25, 0.3) is 0 Å². The van der Waals surface area contributed by atoms with Gasteiger partial charge in [-0.3, -0.25) is 0 Å². The van der Waals surface area contributed by atoms with Crippen LogP contribution in [0.4, 0.5) is 0 Å². The van der Waals surface area contributed by atoms with Gasteiger partial charge in [0.25, 0.3) is 0 Å². The first-order chi connectivity index (χ1) is 8.95. The van der Waals surface area contributed by atoms with Crippen LogP contribution in [0.2, 0.25) is 0 Å². The van der Waals surface area contributed by atoms with Crippen molar-refractivity contribution >= 4 is 0 Å². The van der Waals surface area contributed by atoms with E-state index in [1.165, 1.54) is 0 Å². The third kappa shape index (κ3) is 7.84. The van der Waals surface area contributed by atoms with Crippen molar-refractivity contribution in [2.45, 2.75) is 13.8 Å². The number of hydrogen-bond donors (Lipinski definition) is 2. The van der Waals surface area contributed by atoms with Gasteiger partial charge < -0.3 is 23.9 Å². The first-order valence-electron chi connectivity index (χ1n) is 7.42. The van der Waals surface area contributed by atoms with Gasteiger partial charge in [0, 0.05) is 0 Å². The molecule has 0 saturated carbocycles. The summed E-state index contributed by atoms with van der Waals surface area (Å²) < 4.78 is 7.44. The SMILES string of the molecule is CC[N+](CC)(CCO)CCOCC[N+](C)(C)CCO. The highest BCUT2D eigenvalue weighted by atomic mass is 16.5. The van der Waals surface area contributed by atoms with Crippen LogP contribution >= 0.6 is 0 Å². The number of quaternary nitrogens is 2. The smallest absolute Gasteiger partial charge is 0.102 e. The summed E-state index contributed by atoms with van der Waals surface area (Å²) in [7, 11) is 4.20. The van der Waals surface area contributed by atoms with Gasteiger partial charge in [0.15, 0.2) is 0 Å². The lowest BCUT2D eigenvalue weighted by Gasteiger charge is -2.36. The molecule has 0 bridgehead atoms. The number of likely N-dealkylation sites (N-methyl/N-ethyl adjacent to an activating group) is 2. The van der Waals surface area contributed by atoms with Crippen LogP contribution in [0.15, 0.2) is 0 Å². The Morgan fingerprint density at radius 3 is 1.79 bits per heavy atom. The van der Waals surface area contributed by atoms with Gasteiger partial charge in [0.2, 0.25) is 0 Å². The Balaban J connectivity index is 3.89. The van der Waals surface area contributed by atoms with Crippen molar-refractivity contribution in [2.75, 3.05) is 79.8 Å². The van der Waals surface area contributed by atoms with Crippen LogP contribution in [0.1, 0.15) is 13.8 Å². The molecular formula is C14H34N2O3+2. The summed E-state index contributed by atoms with van der Waals surface area (Å²) in [4.78, 5) is 0. The van der Waals surface area contributed by atoms with Crippen LogP contribution in [-0.2, 0) is 4.74 Å². The molecule has 0 aliphatic heterocycles. The molecule has 0 aliphatic carbocycles. The summed E-state index contributed by atoms with van der Waals surface area (Å²) >= 11 is 0. The second-order valence-electron chi connectivity index (χ2n) is 5.86. The van der Waals surface area contributed by atoms with Gasteiger partial charge in [-0.15, -0.1) is 0 Å². The van der Waals surface area contributed by atoms with E-state index < -0.39 is 0 Å². The van der Waals surface area contributed by atoms with Gasteiger partial charge in [-0.1, -0.05) is 0 Å². The molecule has 0 amide bonds. The van der Waals surface area contributed by atoms with E-state index in [9.17, 15) is 0 Å². The van der Waals surface area contributed by atoms with Crippen LogP contribution in [0, 0.1) is 0 Å².